The molecule has 3 aromatic carbocycles. The van der Waals surface area contributed by atoms with Crippen molar-refractivity contribution in [1.82, 2.24) is 10.2 Å². The smallest absolute Gasteiger partial charge is 0.137 e. The number of ether oxygens (including phenoxy) is 1. The number of aliphatic imine (C=N–C) groups is 1. The fourth-order valence-corrected chi connectivity index (χ4v) is 4.70. The Bertz CT molecular complexity index is 1030. The molecular weight excluding hydrogens is 378 g/mol. The van der Waals surface area contributed by atoms with E-state index in [0.717, 1.165) is 48.3 Å². The summed E-state index contributed by atoms with van der Waals surface area (Å²) in [6.45, 7) is 4.51. The van der Waals surface area contributed by atoms with Crippen LogP contribution in [0.1, 0.15) is 11.1 Å². The van der Waals surface area contributed by atoms with Crippen molar-refractivity contribution < 1.29 is 4.74 Å². The quantitative estimate of drug-likeness (QED) is 0.689. The average Bonchev–Trinajstić information content (AvgIpc) is 2.95. The van der Waals surface area contributed by atoms with Crippen LogP contribution in [0.15, 0.2) is 87.6 Å². The number of hydrogen-bond donors (Lipinski definition) is 1. The highest BCUT2D eigenvalue weighted by molar-refractivity contribution is 7.99. The van der Waals surface area contributed by atoms with E-state index in [9.17, 15) is 0 Å². The van der Waals surface area contributed by atoms with Gasteiger partial charge in [-0.25, -0.2) is 4.99 Å². The van der Waals surface area contributed by atoms with E-state index in [1.165, 1.54) is 16.0 Å². The van der Waals surface area contributed by atoms with Gasteiger partial charge in [-0.15, -0.1) is 0 Å². The Kier molecular flexibility index (Phi) is 5.24. The Morgan fingerprint density at radius 1 is 0.897 bits per heavy atom. The number of benzene rings is 3. The molecule has 1 N–H and O–H groups in total. The lowest BCUT2D eigenvalue weighted by molar-refractivity contribution is 0.305. The fraction of sp³-hybridized carbons (Fsp3) is 0.208. The van der Waals surface area contributed by atoms with Crippen molar-refractivity contribution in [1.29, 1.82) is 0 Å². The second kappa shape index (κ2) is 8.31. The maximum absolute atomic E-state index is 6.05. The molecule has 0 amide bonds. The van der Waals surface area contributed by atoms with Gasteiger partial charge >= 0.3 is 0 Å². The second-order valence-electron chi connectivity index (χ2n) is 7.17. The van der Waals surface area contributed by atoms with Crippen LogP contribution in [0.4, 0.5) is 5.69 Å². The molecule has 2 aliphatic rings. The fourth-order valence-electron chi connectivity index (χ4n) is 3.65. The molecule has 29 heavy (non-hydrogen) atoms. The zero-order valence-electron chi connectivity index (χ0n) is 16.2. The summed E-state index contributed by atoms with van der Waals surface area (Å²) in [4.78, 5) is 9.87. The zero-order chi connectivity index (χ0) is 19.5. The molecule has 0 unspecified atom stereocenters. The van der Waals surface area contributed by atoms with Gasteiger partial charge in [-0.1, -0.05) is 60.3 Å². The van der Waals surface area contributed by atoms with E-state index >= 15 is 0 Å². The van der Waals surface area contributed by atoms with E-state index in [1.807, 2.05) is 24.3 Å². The minimum Gasteiger partial charge on any atom is -0.489 e. The summed E-state index contributed by atoms with van der Waals surface area (Å²) in [7, 11) is 0. The van der Waals surface area contributed by atoms with Gasteiger partial charge in [-0.2, -0.15) is 0 Å². The Morgan fingerprint density at radius 3 is 2.55 bits per heavy atom. The first-order valence-corrected chi connectivity index (χ1v) is 10.8. The van der Waals surface area contributed by atoms with Crippen molar-refractivity contribution in [3.8, 4) is 5.75 Å². The van der Waals surface area contributed by atoms with Crippen molar-refractivity contribution >= 4 is 23.3 Å². The first-order chi connectivity index (χ1) is 14.4. The van der Waals surface area contributed by atoms with Crippen LogP contribution >= 0.6 is 11.8 Å². The van der Waals surface area contributed by atoms with Crippen molar-refractivity contribution in [2.45, 2.75) is 16.4 Å². The monoisotopic (exact) mass is 401 g/mol. The molecule has 4 nitrogen and oxygen atoms in total. The zero-order valence-corrected chi connectivity index (χ0v) is 17.0. The molecule has 3 aromatic rings. The van der Waals surface area contributed by atoms with Crippen LogP contribution in [-0.4, -0.2) is 36.9 Å². The minimum atomic E-state index is 0.566. The Balaban J connectivity index is 1.47. The van der Waals surface area contributed by atoms with E-state index < -0.39 is 0 Å². The van der Waals surface area contributed by atoms with E-state index in [1.54, 1.807) is 11.8 Å². The van der Waals surface area contributed by atoms with E-state index in [-0.39, 0.29) is 0 Å². The lowest BCUT2D eigenvalue weighted by Crippen LogP contribution is -2.46. The van der Waals surface area contributed by atoms with E-state index in [0.29, 0.717) is 6.61 Å². The minimum absolute atomic E-state index is 0.566. The van der Waals surface area contributed by atoms with Crippen LogP contribution in [0.2, 0.25) is 0 Å². The van der Waals surface area contributed by atoms with Gasteiger partial charge in [0.25, 0.3) is 0 Å². The highest BCUT2D eigenvalue weighted by atomic mass is 32.2. The maximum Gasteiger partial charge on any atom is 0.137 e. The Hall–Kier alpha value is -2.76. The maximum atomic E-state index is 6.05. The molecule has 0 saturated carbocycles. The first-order valence-electron chi connectivity index (χ1n) is 9.99. The highest BCUT2D eigenvalue weighted by Gasteiger charge is 2.23. The largest absolute Gasteiger partial charge is 0.489 e. The summed E-state index contributed by atoms with van der Waals surface area (Å²) < 4.78 is 6.05. The molecule has 0 aliphatic carbocycles. The third kappa shape index (κ3) is 4.02. The van der Waals surface area contributed by atoms with Crippen LogP contribution in [0.5, 0.6) is 5.75 Å². The molecule has 1 saturated heterocycles. The van der Waals surface area contributed by atoms with Crippen molar-refractivity contribution in [2.75, 3.05) is 26.2 Å². The third-order valence-corrected chi connectivity index (χ3v) is 6.29. The summed E-state index contributed by atoms with van der Waals surface area (Å²) in [5.41, 5.74) is 3.38. The number of nitrogens with one attached hydrogen (secondary N) is 1. The summed E-state index contributed by atoms with van der Waals surface area (Å²) in [5, 5.41) is 3.43. The van der Waals surface area contributed by atoms with Gasteiger partial charge in [-0.05, 0) is 29.8 Å². The average molecular weight is 402 g/mol. The Morgan fingerprint density at radius 2 is 1.69 bits per heavy atom. The summed E-state index contributed by atoms with van der Waals surface area (Å²) >= 11 is 1.77. The third-order valence-electron chi connectivity index (χ3n) is 5.17. The predicted molar refractivity (Wildman–Crippen MR) is 118 cm³/mol. The van der Waals surface area contributed by atoms with E-state index in [4.69, 9.17) is 9.73 Å². The lowest BCUT2D eigenvalue weighted by atomic mass is 10.1. The number of amidine groups is 1. The van der Waals surface area contributed by atoms with Crippen molar-refractivity contribution in [2.24, 2.45) is 4.99 Å². The van der Waals surface area contributed by atoms with Crippen LogP contribution in [0.25, 0.3) is 0 Å². The van der Waals surface area contributed by atoms with Crippen LogP contribution in [0.3, 0.4) is 0 Å². The number of nitrogens with zero attached hydrogens (tertiary/aromatic N) is 2. The van der Waals surface area contributed by atoms with Crippen LogP contribution < -0.4 is 10.1 Å². The van der Waals surface area contributed by atoms with Crippen LogP contribution in [-0.2, 0) is 6.61 Å². The SMILES string of the molecule is c1ccc(COc2ccc3c(c2)Sc2ccccc2C(N2CCNCC2)=N3)cc1. The van der Waals surface area contributed by atoms with Gasteiger partial charge in [0.05, 0.1) is 5.69 Å². The normalized spacial score (nSPS) is 15.7. The summed E-state index contributed by atoms with van der Waals surface area (Å²) in [6, 6.07) is 25.0. The topological polar surface area (TPSA) is 36.9 Å². The molecule has 5 heteroatoms. The first kappa shape index (κ1) is 18.3. The van der Waals surface area contributed by atoms with Crippen LogP contribution in [0, 0.1) is 0 Å². The molecule has 0 spiro atoms. The molecular formula is C24H23N3OS. The molecule has 0 radical (unpaired) electrons. The van der Waals surface area contributed by atoms with Crippen molar-refractivity contribution in [3.63, 3.8) is 0 Å². The van der Waals surface area contributed by atoms with Gasteiger partial charge in [-0.3, -0.25) is 0 Å². The number of fused-ring (bicyclic) bond motifs is 2. The summed E-state index contributed by atoms with van der Waals surface area (Å²) in [5.74, 6) is 1.95. The molecule has 2 heterocycles. The molecule has 1 fully saturated rings. The lowest BCUT2D eigenvalue weighted by Gasteiger charge is -2.30. The molecule has 0 bridgehead atoms. The molecule has 0 atom stereocenters. The van der Waals surface area contributed by atoms with Gasteiger partial charge in [0.15, 0.2) is 0 Å². The van der Waals surface area contributed by atoms with Gasteiger partial charge in [0.2, 0.25) is 0 Å². The number of hydrogen-bond acceptors (Lipinski definition) is 5. The standard InChI is InChI=1S/C24H23N3OS/c1-2-6-18(7-3-1)17-28-19-10-11-21-23(16-19)29-22-9-5-4-8-20(22)24(26-21)27-14-12-25-13-15-27/h1-11,16,25H,12-15,17H2. The second-order valence-corrected chi connectivity index (χ2v) is 8.26. The molecule has 2 aliphatic heterocycles. The van der Waals surface area contributed by atoms with Gasteiger partial charge in [0.1, 0.15) is 18.2 Å². The van der Waals surface area contributed by atoms with Gasteiger partial charge in [0, 0.05) is 41.5 Å². The number of rotatable bonds is 3. The predicted octanol–water partition coefficient (Wildman–Crippen LogP) is 4.71. The van der Waals surface area contributed by atoms with Crippen molar-refractivity contribution in [3.05, 3.63) is 83.9 Å². The Labute approximate surface area is 175 Å². The molecule has 5 rings (SSSR count). The van der Waals surface area contributed by atoms with E-state index in [2.05, 4.69) is 58.7 Å². The summed E-state index contributed by atoms with van der Waals surface area (Å²) in [6.07, 6.45) is 0. The molecule has 0 aromatic heterocycles. The van der Waals surface area contributed by atoms with Gasteiger partial charge < -0.3 is 15.0 Å². The highest BCUT2D eigenvalue weighted by Crippen LogP contribution is 2.42. The number of piperazine rings is 1. The molecule has 146 valence electrons.